The molecule has 0 aromatic carbocycles. The van der Waals surface area contributed by atoms with E-state index in [1.807, 2.05) is 0 Å². The highest BCUT2D eigenvalue weighted by Crippen LogP contribution is 2.17. The summed E-state index contributed by atoms with van der Waals surface area (Å²) in [6.45, 7) is 6.67. The van der Waals surface area contributed by atoms with Gasteiger partial charge in [0, 0.05) is 19.3 Å². The van der Waals surface area contributed by atoms with Crippen molar-refractivity contribution in [1.29, 1.82) is 0 Å². The highest BCUT2D eigenvalue weighted by atomic mass is 16.6. The van der Waals surface area contributed by atoms with Crippen molar-refractivity contribution in [2.45, 2.75) is 380 Å². The monoisotopic (exact) mass is 1120 g/mol. The molecule has 0 aliphatic rings. The Morgan fingerprint density at radius 2 is 0.450 bits per heavy atom. The summed E-state index contributed by atoms with van der Waals surface area (Å²) in [4.78, 5) is 38.4. The van der Waals surface area contributed by atoms with Gasteiger partial charge in [0.15, 0.2) is 6.10 Å². The van der Waals surface area contributed by atoms with Crippen LogP contribution in [-0.2, 0) is 28.6 Å². The highest BCUT2D eigenvalue weighted by molar-refractivity contribution is 5.71. The van der Waals surface area contributed by atoms with Gasteiger partial charge in [-0.2, -0.15) is 0 Å². The number of ether oxygens (including phenoxy) is 3. The largest absolute Gasteiger partial charge is 0.462 e. The molecule has 0 aromatic heterocycles. The predicted octanol–water partition coefficient (Wildman–Crippen LogP) is 24.3. The molecule has 0 radical (unpaired) electrons. The molecule has 6 heteroatoms. The molecule has 0 rings (SSSR count). The molecule has 466 valence electrons. The van der Waals surface area contributed by atoms with Gasteiger partial charge in [-0.15, -0.1) is 0 Å². The van der Waals surface area contributed by atoms with Gasteiger partial charge in [0.1, 0.15) is 13.2 Å². The summed E-state index contributed by atoms with van der Waals surface area (Å²) >= 11 is 0. The average molecular weight is 1120 g/mol. The smallest absolute Gasteiger partial charge is 0.306 e. The molecule has 0 saturated heterocycles. The Balaban J connectivity index is 4.26. The van der Waals surface area contributed by atoms with Crippen molar-refractivity contribution in [2.24, 2.45) is 0 Å². The Bertz CT molecular complexity index is 1430. The van der Waals surface area contributed by atoms with Gasteiger partial charge in [-0.3, -0.25) is 14.4 Å². The lowest BCUT2D eigenvalue weighted by molar-refractivity contribution is -0.167. The van der Waals surface area contributed by atoms with Crippen molar-refractivity contribution >= 4 is 17.9 Å². The normalized spacial score (nSPS) is 12.4. The van der Waals surface area contributed by atoms with Crippen LogP contribution >= 0.6 is 0 Å². The minimum absolute atomic E-state index is 0.0759. The number of hydrogen-bond donors (Lipinski definition) is 0. The molecule has 0 aromatic rings. The van der Waals surface area contributed by atoms with Crippen LogP contribution in [0.1, 0.15) is 374 Å². The van der Waals surface area contributed by atoms with Gasteiger partial charge < -0.3 is 14.2 Å². The fourth-order valence-corrected chi connectivity index (χ4v) is 10.4. The van der Waals surface area contributed by atoms with Crippen LogP contribution in [-0.4, -0.2) is 37.2 Å². The minimum atomic E-state index is -0.780. The quantitative estimate of drug-likeness (QED) is 0.0261. The first-order valence-electron chi connectivity index (χ1n) is 35.3. The Labute approximate surface area is 498 Å². The fraction of sp³-hybridized carbons (Fsp3) is 0.824. The topological polar surface area (TPSA) is 78.9 Å². The fourth-order valence-electron chi connectivity index (χ4n) is 10.4. The van der Waals surface area contributed by atoms with E-state index >= 15 is 0 Å². The SMILES string of the molecule is CCCCCCC/C=C\C/C=C\C/C=C\CCCCCCCCCCCCCCCCC(=O)OCC(COC(=O)CCCCCCC/C=C\CCCCCCCCC)OC(=O)CCCCCCCCC/C=C\CCCCCCCC. The van der Waals surface area contributed by atoms with Crippen LogP contribution in [0.3, 0.4) is 0 Å². The minimum Gasteiger partial charge on any atom is -0.462 e. The zero-order valence-corrected chi connectivity index (χ0v) is 53.6. The third kappa shape index (κ3) is 65.9. The number of allylic oxidation sites excluding steroid dienone is 10. The number of carbonyl (C=O) groups excluding carboxylic acids is 3. The lowest BCUT2D eigenvalue weighted by Crippen LogP contribution is -2.30. The van der Waals surface area contributed by atoms with Gasteiger partial charge in [0.2, 0.25) is 0 Å². The molecule has 80 heavy (non-hydrogen) atoms. The Kier molecular flexibility index (Phi) is 66.1. The van der Waals surface area contributed by atoms with E-state index in [1.165, 1.54) is 257 Å². The van der Waals surface area contributed by atoms with E-state index in [0.717, 1.165) is 77.0 Å². The van der Waals surface area contributed by atoms with Crippen LogP contribution in [0.15, 0.2) is 60.8 Å². The average Bonchev–Trinajstić information content (AvgIpc) is 3.46. The third-order valence-corrected chi connectivity index (χ3v) is 15.7. The van der Waals surface area contributed by atoms with E-state index in [1.54, 1.807) is 0 Å². The van der Waals surface area contributed by atoms with Gasteiger partial charge in [-0.1, -0.05) is 306 Å². The molecule has 0 heterocycles. The first-order valence-corrected chi connectivity index (χ1v) is 35.3. The lowest BCUT2D eigenvalue weighted by Gasteiger charge is -2.18. The van der Waals surface area contributed by atoms with Crippen molar-refractivity contribution in [2.75, 3.05) is 13.2 Å². The molecule has 0 bridgehead atoms. The maximum Gasteiger partial charge on any atom is 0.306 e. The zero-order chi connectivity index (χ0) is 57.8. The second kappa shape index (κ2) is 68.6. The lowest BCUT2D eigenvalue weighted by atomic mass is 10.0. The van der Waals surface area contributed by atoms with E-state index in [4.69, 9.17) is 14.2 Å². The summed E-state index contributed by atoms with van der Waals surface area (Å²) < 4.78 is 17.0. The molecule has 0 amide bonds. The van der Waals surface area contributed by atoms with Crippen molar-refractivity contribution < 1.29 is 28.6 Å². The highest BCUT2D eigenvalue weighted by Gasteiger charge is 2.19. The van der Waals surface area contributed by atoms with Crippen molar-refractivity contribution in [3.8, 4) is 0 Å². The first kappa shape index (κ1) is 77.1. The van der Waals surface area contributed by atoms with Gasteiger partial charge in [0.25, 0.3) is 0 Å². The summed E-state index contributed by atoms with van der Waals surface area (Å²) in [6.07, 6.45) is 88.1. The van der Waals surface area contributed by atoms with Crippen LogP contribution in [0, 0.1) is 0 Å². The summed E-state index contributed by atoms with van der Waals surface area (Å²) in [5, 5.41) is 0. The molecule has 0 fully saturated rings. The third-order valence-electron chi connectivity index (χ3n) is 15.7. The van der Waals surface area contributed by atoms with Crippen LogP contribution in [0.2, 0.25) is 0 Å². The van der Waals surface area contributed by atoms with Crippen LogP contribution < -0.4 is 0 Å². The molecular weight excluding hydrogens is 985 g/mol. The number of hydrogen-bond acceptors (Lipinski definition) is 6. The number of esters is 3. The van der Waals surface area contributed by atoms with E-state index in [9.17, 15) is 14.4 Å². The molecule has 0 N–H and O–H groups in total. The number of rotatable bonds is 65. The predicted molar refractivity (Wildman–Crippen MR) is 348 cm³/mol. The van der Waals surface area contributed by atoms with E-state index in [2.05, 4.69) is 81.5 Å². The molecule has 1 atom stereocenters. The Morgan fingerprint density at radius 1 is 0.250 bits per heavy atom. The van der Waals surface area contributed by atoms with Gasteiger partial charge in [0.05, 0.1) is 0 Å². The molecule has 0 aliphatic heterocycles. The van der Waals surface area contributed by atoms with Crippen LogP contribution in [0.4, 0.5) is 0 Å². The Morgan fingerprint density at radius 3 is 0.713 bits per heavy atom. The number of unbranched alkanes of at least 4 members (excludes halogenated alkanes) is 44. The molecule has 6 nitrogen and oxygen atoms in total. The standard InChI is InChI=1S/C74H134O6/c1-4-7-10-13-16-19-22-25-28-31-32-33-34-35-36-37-38-39-40-41-42-44-46-49-52-55-58-61-64-67-73(76)79-70-71(69-78-72(75)66-63-60-57-54-51-48-45-30-27-24-21-18-15-12-9-6-3)80-74(77)68-65-62-59-56-53-50-47-43-29-26-23-20-17-14-11-8-5-2/h22,25-26,29-32,34-35,45,71H,4-21,23-24,27-28,33,36-44,46-70H2,1-3H3/b25-22-,29-26-,32-31-,35-34-,45-30-. The van der Waals surface area contributed by atoms with E-state index in [0.29, 0.717) is 19.3 Å². The van der Waals surface area contributed by atoms with Crippen molar-refractivity contribution in [1.82, 2.24) is 0 Å². The first-order chi connectivity index (χ1) is 39.5. The summed E-state index contributed by atoms with van der Waals surface area (Å²) in [7, 11) is 0. The molecule has 0 saturated carbocycles. The molecular formula is C74H134O6. The number of carbonyl (C=O) groups is 3. The molecule has 0 spiro atoms. The van der Waals surface area contributed by atoms with E-state index in [-0.39, 0.29) is 31.1 Å². The summed E-state index contributed by atoms with van der Waals surface area (Å²) in [5.74, 6) is -0.868. The summed E-state index contributed by atoms with van der Waals surface area (Å²) in [5.41, 5.74) is 0. The maximum absolute atomic E-state index is 12.9. The van der Waals surface area contributed by atoms with Crippen molar-refractivity contribution in [3.05, 3.63) is 60.8 Å². The molecule has 0 aliphatic carbocycles. The Hall–Kier alpha value is -2.89. The van der Waals surface area contributed by atoms with Gasteiger partial charge in [-0.05, 0) is 109 Å². The maximum atomic E-state index is 12.9. The second-order valence-electron chi connectivity index (χ2n) is 23.8. The zero-order valence-electron chi connectivity index (χ0n) is 53.6. The van der Waals surface area contributed by atoms with E-state index < -0.39 is 6.10 Å². The van der Waals surface area contributed by atoms with Gasteiger partial charge >= 0.3 is 17.9 Å². The van der Waals surface area contributed by atoms with Gasteiger partial charge in [-0.25, -0.2) is 0 Å². The van der Waals surface area contributed by atoms with Crippen molar-refractivity contribution in [3.63, 3.8) is 0 Å². The van der Waals surface area contributed by atoms with Crippen LogP contribution in [0.5, 0.6) is 0 Å². The summed E-state index contributed by atoms with van der Waals surface area (Å²) in [6, 6.07) is 0. The molecule has 1 unspecified atom stereocenters. The van der Waals surface area contributed by atoms with Crippen LogP contribution in [0.25, 0.3) is 0 Å². The second-order valence-corrected chi connectivity index (χ2v) is 23.8.